The van der Waals surface area contributed by atoms with E-state index < -0.39 is 11.9 Å². The molecule has 2 aromatic heterocycles. The van der Waals surface area contributed by atoms with Crippen LogP contribution in [0, 0.1) is 0 Å². The van der Waals surface area contributed by atoms with Gasteiger partial charge in [0.15, 0.2) is 0 Å². The molecule has 3 rings (SSSR count). The maximum atomic E-state index is 12.7. The highest BCUT2D eigenvalue weighted by molar-refractivity contribution is 5.42. The lowest BCUT2D eigenvalue weighted by atomic mass is 10.3. The molecule has 116 valence electrons. The lowest BCUT2D eigenvalue weighted by Gasteiger charge is -2.35. The summed E-state index contributed by atoms with van der Waals surface area (Å²) in [5.41, 5.74) is -0.912. The van der Waals surface area contributed by atoms with Crippen molar-refractivity contribution in [3.63, 3.8) is 0 Å². The van der Waals surface area contributed by atoms with Crippen LogP contribution in [-0.4, -0.2) is 41.1 Å². The van der Waals surface area contributed by atoms with Crippen molar-refractivity contribution < 1.29 is 13.2 Å². The van der Waals surface area contributed by atoms with E-state index in [1.807, 2.05) is 18.2 Å². The Hall–Kier alpha value is -2.38. The van der Waals surface area contributed by atoms with Crippen LogP contribution in [0.5, 0.6) is 0 Å². The van der Waals surface area contributed by atoms with E-state index >= 15 is 0 Å². The fourth-order valence-corrected chi connectivity index (χ4v) is 2.33. The molecule has 0 N–H and O–H groups in total. The number of nitrogens with zero attached hydrogens (tertiary/aromatic N) is 5. The Labute approximate surface area is 125 Å². The Morgan fingerprint density at radius 1 is 0.864 bits per heavy atom. The minimum Gasteiger partial charge on any atom is -0.353 e. The summed E-state index contributed by atoms with van der Waals surface area (Å²) in [7, 11) is 0. The zero-order valence-electron chi connectivity index (χ0n) is 11.7. The van der Waals surface area contributed by atoms with Gasteiger partial charge in [0.2, 0.25) is 5.95 Å². The highest BCUT2D eigenvalue weighted by Crippen LogP contribution is 2.28. The summed E-state index contributed by atoms with van der Waals surface area (Å²) in [5, 5.41) is 0. The smallest absolute Gasteiger partial charge is 0.353 e. The van der Waals surface area contributed by atoms with Crippen LogP contribution < -0.4 is 9.80 Å². The van der Waals surface area contributed by atoms with Crippen LogP contribution in [0.2, 0.25) is 0 Å². The highest BCUT2D eigenvalue weighted by Gasteiger charge is 2.33. The van der Waals surface area contributed by atoms with Gasteiger partial charge < -0.3 is 9.80 Å². The minimum absolute atomic E-state index is 0.121. The van der Waals surface area contributed by atoms with Crippen molar-refractivity contribution in [2.45, 2.75) is 6.18 Å². The Morgan fingerprint density at radius 3 is 2.23 bits per heavy atom. The van der Waals surface area contributed by atoms with E-state index in [0.717, 1.165) is 18.1 Å². The van der Waals surface area contributed by atoms with Crippen molar-refractivity contribution in [1.82, 2.24) is 15.0 Å². The summed E-state index contributed by atoms with van der Waals surface area (Å²) in [6, 6.07) is 6.55. The summed E-state index contributed by atoms with van der Waals surface area (Å²) in [6.45, 7) is 2.43. The van der Waals surface area contributed by atoms with Gasteiger partial charge in [0, 0.05) is 38.6 Å². The number of halogens is 3. The molecular weight excluding hydrogens is 295 g/mol. The zero-order valence-corrected chi connectivity index (χ0v) is 11.7. The lowest BCUT2D eigenvalue weighted by molar-refractivity contribution is -0.141. The van der Waals surface area contributed by atoms with Crippen LogP contribution >= 0.6 is 0 Å². The van der Waals surface area contributed by atoms with Crippen molar-refractivity contribution in [3.05, 3.63) is 42.4 Å². The van der Waals surface area contributed by atoms with Crippen LogP contribution in [0.4, 0.5) is 24.9 Å². The van der Waals surface area contributed by atoms with Gasteiger partial charge in [-0.15, -0.1) is 0 Å². The van der Waals surface area contributed by atoms with Crippen molar-refractivity contribution in [1.29, 1.82) is 0 Å². The summed E-state index contributed by atoms with van der Waals surface area (Å²) >= 11 is 0. The molecule has 5 nitrogen and oxygen atoms in total. The number of rotatable bonds is 2. The molecule has 1 aliphatic heterocycles. The summed E-state index contributed by atoms with van der Waals surface area (Å²) in [6.07, 6.45) is -1.58. The van der Waals surface area contributed by atoms with Crippen LogP contribution in [0.3, 0.4) is 0 Å². The molecule has 22 heavy (non-hydrogen) atoms. The molecule has 0 radical (unpaired) electrons. The highest BCUT2D eigenvalue weighted by atomic mass is 19.4. The molecule has 1 aliphatic rings. The maximum absolute atomic E-state index is 12.7. The molecule has 1 fully saturated rings. The normalized spacial score (nSPS) is 16.0. The Kier molecular flexibility index (Phi) is 3.82. The average Bonchev–Trinajstić information content (AvgIpc) is 2.55. The first-order valence-electron chi connectivity index (χ1n) is 6.85. The molecule has 0 amide bonds. The number of anilines is 2. The standard InChI is InChI=1S/C14H14F3N5/c15-14(16,17)11-4-6-19-13(20-11)22-9-7-21(8-10-22)12-3-1-2-5-18-12/h1-6H,7-10H2. The fourth-order valence-electron chi connectivity index (χ4n) is 2.33. The Bertz CT molecular complexity index is 624. The number of alkyl halides is 3. The number of hydrogen-bond donors (Lipinski definition) is 0. The number of pyridine rings is 1. The second-order valence-electron chi connectivity index (χ2n) is 4.90. The van der Waals surface area contributed by atoms with Gasteiger partial charge in [-0.05, 0) is 18.2 Å². The van der Waals surface area contributed by atoms with Gasteiger partial charge in [0.05, 0.1) is 0 Å². The van der Waals surface area contributed by atoms with Gasteiger partial charge in [-0.3, -0.25) is 0 Å². The van der Waals surface area contributed by atoms with Crippen LogP contribution in [0.15, 0.2) is 36.7 Å². The summed E-state index contributed by atoms with van der Waals surface area (Å²) in [4.78, 5) is 15.7. The summed E-state index contributed by atoms with van der Waals surface area (Å²) < 4.78 is 38.1. The third-order valence-electron chi connectivity index (χ3n) is 3.47. The van der Waals surface area contributed by atoms with Crippen molar-refractivity contribution in [3.8, 4) is 0 Å². The predicted octanol–water partition coefficient (Wildman–Crippen LogP) is 2.22. The van der Waals surface area contributed by atoms with E-state index in [2.05, 4.69) is 19.9 Å². The number of piperazine rings is 1. The van der Waals surface area contributed by atoms with Gasteiger partial charge >= 0.3 is 6.18 Å². The molecule has 8 heteroatoms. The van der Waals surface area contributed by atoms with E-state index in [1.54, 1.807) is 11.1 Å². The number of aromatic nitrogens is 3. The van der Waals surface area contributed by atoms with E-state index in [4.69, 9.17) is 0 Å². The number of hydrogen-bond acceptors (Lipinski definition) is 5. The molecular formula is C14H14F3N5. The van der Waals surface area contributed by atoms with E-state index in [1.165, 1.54) is 0 Å². The third-order valence-corrected chi connectivity index (χ3v) is 3.47. The Morgan fingerprint density at radius 2 is 1.59 bits per heavy atom. The first-order valence-corrected chi connectivity index (χ1v) is 6.85. The van der Waals surface area contributed by atoms with Crippen LogP contribution in [0.1, 0.15) is 5.69 Å². The van der Waals surface area contributed by atoms with E-state index in [9.17, 15) is 13.2 Å². The fraction of sp³-hybridized carbons (Fsp3) is 0.357. The molecule has 0 aromatic carbocycles. The molecule has 0 atom stereocenters. The van der Waals surface area contributed by atoms with E-state index in [-0.39, 0.29) is 5.95 Å². The predicted molar refractivity (Wildman–Crippen MR) is 75.7 cm³/mol. The molecule has 3 heterocycles. The van der Waals surface area contributed by atoms with Crippen LogP contribution in [-0.2, 0) is 6.18 Å². The first kappa shape index (κ1) is 14.6. The van der Waals surface area contributed by atoms with Gasteiger partial charge in [-0.2, -0.15) is 13.2 Å². The van der Waals surface area contributed by atoms with Crippen molar-refractivity contribution >= 4 is 11.8 Å². The van der Waals surface area contributed by atoms with Gasteiger partial charge in [-0.1, -0.05) is 6.07 Å². The molecule has 0 saturated carbocycles. The molecule has 0 bridgehead atoms. The maximum Gasteiger partial charge on any atom is 0.433 e. The lowest BCUT2D eigenvalue weighted by Crippen LogP contribution is -2.47. The second kappa shape index (κ2) is 5.78. The first-order chi connectivity index (χ1) is 10.5. The van der Waals surface area contributed by atoms with Crippen molar-refractivity contribution in [2.75, 3.05) is 36.0 Å². The molecule has 0 aliphatic carbocycles. The largest absolute Gasteiger partial charge is 0.433 e. The topological polar surface area (TPSA) is 45.2 Å². The second-order valence-corrected chi connectivity index (χ2v) is 4.90. The molecule has 0 unspecified atom stereocenters. The zero-order chi connectivity index (χ0) is 15.6. The van der Waals surface area contributed by atoms with Crippen LogP contribution in [0.25, 0.3) is 0 Å². The van der Waals surface area contributed by atoms with Gasteiger partial charge in [0.1, 0.15) is 11.5 Å². The summed E-state index contributed by atoms with van der Waals surface area (Å²) in [5.74, 6) is 0.989. The molecule has 0 spiro atoms. The van der Waals surface area contributed by atoms with E-state index in [0.29, 0.717) is 26.2 Å². The van der Waals surface area contributed by atoms with Crippen molar-refractivity contribution in [2.24, 2.45) is 0 Å². The molecule has 2 aromatic rings. The third kappa shape index (κ3) is 3.10. The molecule has 1 saturated heterocycles. The minimum atomic E-state index is -4.45. The quantitative estimate of drug-likeness (QED) is 0.851. The monoisotopic (exact) mass is 309 g/mol. The Balaban J connectivity index is 1.69. The average molecular weight is 309 g/mol. The van der Waals surface area contributed by atoms with Gasteiger partial charge in [-0.25, -0.2) is 15.0 Å². The SMILES string of the molecule is FC(F)(F)c1ccnc(N2CCN(c3ccccn3)CC2)n1. The van der Waals surface area contributed by atoms with Gasteiger partial charge in [0.25, 0.3) is 0 Å².